The van der Waals surface area contributed by atoms with Crippen LogP contribution in [0, 0.1) is 0 Å². The number of nitrogen functional groups attached to an aromatic ring is 1. The van der Waals surface area contributed by atoms with Gasteiger partial charge in [0.15, 0.2) is 5.13 Å². The molecule has 0 saturated carbocycles. The summed E-state index contributed by atoms with van der Waals surface area (Å²) < 4.78 is 10.4. The molecule has 0 aliphatic heterocycles. The molecule has 0 aliphatic carbocycles. The molecule has 0 fully saturated rings. The SMILES string of the molecule is CCC(O/N=C(/C(=O)OCCSC)c1csc(N)n1)C(=O)OC(C)(C)C. The van der Waals surface area contributed by atoms with Crippen molar-refractivity contribution >= 4 is 45.9 Å². The highest BCUT2D eigenvalue weighted by molar-refractivity contribution is 7.98. The molecule has 0 radical (unpaired) electrons. The maximum atomic E-state index is 12.3. The first-order valence-electron chi connectivity index (χ1n) is 8.02. The van der Waals surface area contributed by atoms with Crippen molar-refractivity contribution in [3.8, 4) is 0 Å². The molecule has 0 saturated heterocycles. The highest BCUT2D eigenvalue weighted by Gasteiger charge is 2.27. The molecule has 1 heterocycles. The quantitative estimate of drug-likeness (QED) is 0.289. The number of esters is 2. The van der Waals surface area contributed by atoms with Gasteiger partial charge < -0.3 is 20.0 Å². The predicted octanol–water partition coefficient (Wildman–Crippen LogP) is 2.47. The molecule has 0 spiro atoms. The zero-order chi connectivity index (χ0) is 19.7. The number of carbonyl (C=O) groups excluding carboxylic acids is 2. The summed E-state index contributed by atoms with van der Waals surface area (Å²) in [7, 11) is 0. The Morgan fingerprint density at radius 1 is 1.42 bits per heavy atom. The zero-order valence-corrected chi connectivity index (χ0v) is 17.2. The Labute approximate surface area is 161 Å². The van der Waals surface area contributed by atoms with E-state index in [2.05, 4.69) is 10.1 Å². The minimum Gasteiger partial charge on any atom is -0.460 e. The summed E-state index contributed by atoms with van der Waals surface area (Å²) in [4.78, 5) is 33.8. The van der Waals surface area contributed by atoms with Crippen LogP contribution in [0.4, 0.5) is 5.13 Å². The number of ether oxygens (including phenoxy) is 2. The second-order valence-corrected chi connectivity index (χ2v) is 8.05. The fourth-order valence-corrected chi connectivity index (χ4v) is 2.44. The fraction of sp³-hybridized carbons (Fsp3) is 0.625. The smallest absolute Gasteiger partial charge is 0.362 e. The molecule has 1 aromatic rings. The van der Waals surface area contributed by atoms with Gasteiger partial charge in [0.25, 0.3) is 0 Å². The van der Waals surface area contributed by atoms with Gasteiger partial charge >= 0.3 is 11.9 Å². The molecule has 0 amide bonds. The molecule has 10 heteroatoms. The van der Waals surface area contributed by atoms with Gasteiger partial charge in [0.2, 0.25) is 11.8 Å². The van der Waals surface area contributed by atoms with Gasteiger partial charge in [0.05, 0.1) is 0 Å². The maximum absolute atomic E-state index is 12.3. The van der Waals surface area contributed by atoms with Crippen molar-refractivity contribution in [2.45, 2.75) is 45.8 Å². The molecular formula is C16H25N3O5S2. The molecule has 0 aromatic carbocycles. The average Bonchev–Trinajstić information content (AvgIpc) is 2.96. The van der Waals surface area contributed by atoms with Crippen molar-refractivity contribution in [2.24, 2.45) is 5.16 Å². The van der Waals surface area contributed by atoms with Crippen LogP contribution in [0.2, 0.25) is 0 Å². The Morgan fingerprint density at radius 3 is 2.62 bits per heavy atom. The molecule has 1 aromatic heterocycles. The molecule has 26 heavy (non-hydrogen) atoms. The number of carbonyl (C=O) groups is 2. The van der Waals surface area contributed by atoms with E-state index in [1.807, 2.05) is 6.26 Å². The molecule has 0 bridgehead atoms. The lowest BCUT2D eigenvalue weighted by atomic mass is 10.2. The lowest BCUT2D eigenvalue weighted by molar-refractivity contribution is -0.169. The van der Waals surface area contributed by atoms with Crippen molar-refractivity contribution in [3.05, 3.63) is 11.1 Å². The number of rotatable bonds is 9. The molecule has 1 rings (SSSR count). The number of oxime groups is 1. The second kappa shape index (κ2) is 10.4. The summed E-state index contributed by atoms with van der Waals surface area (Å²) in [5, 5.41) is 5.68. The predicted molar refractivity (Wildman–Crippen MR) is 103 cm³/mol. The van der Waals surface area contributed by atoms with Crippen LogP contribution in [0.15, 0.2) is 10.5 Å². The summed E-state index contributed by atoms with van der Waals surface area (Å²) in [6.45, 7) is 7.25. The van der Waals surface area contributed by atoms with Crippen LogP contribution in [-0.4, -0.2) is 53.0 Å². The van der Waals surface area contributed by atoms with Crippen molar-refractivity contribution < 1.29 is 23.9 Å². The Kier molecular flexibility index (Phi) is 8.86. The van der Waals surface area contributed by atoms with E-state index in [1.165, 1.54) is 0 Å². The Morgan fingerprint density at radius 2 is 2.12 bits per heavy atom. The number of hydrogen-bond donors (Lipinski definition) is 1. The Bertz CT molecular complexity index is 640. The maximum Gasteiger partial charge on any atom is 0.362 e. The van der Waals surface area contributed by atoms with Gasteiger partial charge in [-0.2, -0.15) is 11.8 Å². The standard InChI is InChI=1S/C16H25N3O5S2/c1-6-11(13(20)23-16(2,3)4)24-19-12(10-9-26-15(17)18-10)14(21)22-7-8-25-5/h9,11H,6-8H2,1-5H3,(H2,17,18)/b19-12+. The number of aromatic nitrogens is 1. The minimum atomic E-state index is -0.945. The second-order valence-electron chi connectivity index (χ2n) is 6.18. The molecular weight excluding hydrogens is 378 g/mol. The van der Waals surface area contributed by atoms with E-state index in [1.54, 1.807) is 44.8 Å². The fourth-order valence-electron chi connectivity index (χ4n) is 1.64. The van der Waals surface area contributed by atoms with E-state index in [9.17, 15) is 9.59 Å². The van der Waals surface area contributed by atoms with Gasteiger partial charge in [-0.05, 0) is 33.4 Å². The van der Waals surface area contributed by atoms with Crippen LogP contribution in [0.5, 0.6) is 0 Å². The molecule has 2 N–H and O–H groups in total. The van der Waals surface area contributed by atoms with Crippen molar-refractivity contribution in [1.29, 1.82) is 0 Å². The van der Waals surface area contributed by atoms with E-state index in [0.29, 0.717) is 12.2 Å². The normalized spacial score (nSPS) is 13.2. The summed E-state index contributed by atoms with van der Waals surface area (Å²) >= 11 is 2.70. The average molecular weight is 404 g/mol. The van der Waals surface area contributed by atoms with E-state index in [0.717, 1.165) is 11.3 Å². The van der Waals surface area contributed by atoms with Crippen LogP contribution in [-0.2, 0) is 23.9 Å². The van der Waals surface area contributed by atoms with Gasteiger partial charge in [0, 0.05) is 11.1 Å². The Balaban J connectivity index is 2.94. The molecule has 146 valence electrons. The number of nitrogens with zero attached hydrogens (tertiary/aromatic N) is 2. The van der Waals surface area contributed by atoms with Crippen LogP contribution >= 0.6 is 23.1 Å². The molecule has 8 nitrogen and oxygen atoms in total. The third-order valence-corrected chi connectivity index (χ3v) is 4.04. The summed E-state index contributed by atoms with van der Waals surface area (Å²) in [6.07, 6.45) is 1.28. The first-order chi connectivity index (χ1) is 12.2. The first-order valence-corrected chi connectivity index (χ1v) is 10.3. The number of thioether (sulfide) groups is 1. The lowest BCUT2D eigenvalue weighted by Crippen LogP contribution is -2.33. The summed E-state index contributed by atoms with van der Waals surface area (Å²) in [5.74, 6) is -0.603. The van der Waals surface area contributed by atoms with E-state index >= 15 is 0 Å². The summed E-state index contributed by atoms with van der Waals surface area (Å²) in [5.41, 5.74) is 5.07. The monoisotopic (exact) mass is 403 g/mol. The van der Waals surface area contributed by atoms with Crippen molar-refractivity contribution in [3.63, 3.8) is 0 Å². The molecule has 1 unspecified atom stereocenters. The number of thiazole rings is 1. The largest absolute Gasteiger partial charge is 0.460 e. The van der Waals surface area contributed by atoms with Gasteiger partial charge in [-0.3, -0.25) is 0 Å². The first kappa shape index (κ1) is 22.2. The van der Waals surface area contributed by atoms with Crippen molar-refractivity contribution in [1.82, 2.24) is 4.98 Å². The third kappa shape index (κ3) is 7.61. The van der Waals surface area contributed by atoms with Crippen LogP contribution < -0.4 is 5.73 Å². The van der Waals surface area contributed by atoms with Crippen LogP contribution in [0.1, 0.15) is 39.8 Å². The molecule has 0 aliphatic rings. The summed E-state index contributed by atoms with van der Waals surface area (Å²) in [6, 6.07) is 0. The number of nitrogens with two attached hydrogens (primary N) is 1. The lowest BCUT2D eigenvalue weighted by Gasteiger charge is -2.22. The zero-order valence-electron chi connectivity index (χ0n) is 15.6. The van der Waals surface area contributed by atoms with Crippen LogP contribution in [0.3, 0.4) is 0 Å². The van der Waals surface area contributed by atoms with Gasteiger partial charge in [-0.15, -0.1) is 11.3 Å². The highest BCUT2D eigenvalue weighted by atomic mass is 32.2. The third-order valence-electron chi connectivity index (χ3n) is 2.79. The topological polar surface area (TPSA) is 113 Å². The molecule has 1 atom stereocenters. The van der Waals surface area contributed by atoms with Gasteiger partial charge in [0.1, 0.15) is 17.9 Å². The van der Waals surface area contributed by atoms with Gasteiger partial charge in [-0.25, -0.2) is 14.6 Å². The number of anilines is 1. The minimum absolute atomic E-state index is 0.138. The number of hydrogen-bond acceptors (Lipinski definition) is 10. The van der Waals surface area contributed by atoms with Gasteiger partial charge in [-0.1, -0.05) is 12.1 Å². The van der Waals surface area contributed by atoms with Crippen molar-refractivity contribution in [2.75, 3.05) is 24.3 Å². The van der Waals surface area contributed by atoms with Crippen LogP contribution in [0.25, 0.3) is 0 Å². The highest BCUT2D eigenvalue weighted by Crippen LogP contribution is 2.15. The van der Waals surface area contributed by atoms with E-state index in [-0.39, 0.29) is 23.1 Å². The van der Waals surface area contributed by atoms with E-state index in [4.69, 9.17) is 20.0 Å². The van der Waals surface area contributed by atoms with E-state index < -0.39 is 23.6 Å². The Hall–Kier alpha value is -1.81.